The molecular weight excluding hydrogens is 368 g/mol. The van der Waals surface area contributed by atoms with Crippen LogP contribution in [0.1, 0.15) is 24.3 Å². The lowest BCUT2D eigenvalue weighted by Crippen LogP contribution is -2.41. The number of piperidine rings is 1. The van der Waals surface area contributed by atoms with Gasteiger partial charge in [0, 0.05) is 37.8 Å². The van der Waals surface area contributed by atoms with Gasteiger partial charge in [0.1, 0.15) is 11.6 Å². The van der Waals surface area contributed by atoms with Gasteiger partial charge in [-0.05, 0) is 48.7 Å². The highest BCUT2D eigenvalue weighted by atomic mass is 19.1. The molecule has 0 saturated carbocycles. The fraction of sp³-hybridized carbons (Fsp3) is 0.300. The minimum atomic E-state index is -0.490. The highest BCUT2D eigenvalue weighted by Gasteiger charge is 2.27. The quantitative estimate of drug-likeness (QED) is 0.727. The fourth-order valence-corrected chi connectivity index (χ4v) is 3.66. The molecule has 1 atom stereocenters. The van der Waals surface area contributed by atoms with Crippen LogP contribution in [0.3, 0.4) is 0 Å². The lowest BCUT2D eigenvalue weighted by molar-refractivity contribution is 0.192. The summed E-state index contributed by atoms with van der Waals surface area (Å²) in [6.07, 6.45) is 1.38. The van der Waals surface area contributed by atoms with Crippen molar-refractivity contribution in [2.75, 3.05) is 18.4 Å². The van der Waals surface area contributed by atoms with Crippen LogP contribution in [0, 0.1) is 11.6 Å². The molecule has 146 valence electrons. The van der Waals surface area contributed by atoms with Gasteiger partial charge < -0.3 is 14.6 Å². The molecule has 2 aromatic carbocycles. The Morgan fingerprint density at radius 2 is 2.04 bits per heavy atom. The first-order valence-electron chi connectivity index (χ1n) is 9.03. The molecule has 2 amide bonds. The summed E-state index contributed by atoms with van der Waals surface area (Å²) in [4.78, 5) is 25.8. The maximum Gasteiger partial charge on any atom is 0.419 e. The van der Waals surface area contributed by atoms with Crippen LogP contribution in [-0.2, 0) is 7.05 Å². The summed E-state index contributed by atoms with van der Waals surface area (Å²) in [5.41, 5.74) is 1.79. The number of hydrogen-bond donors (Lipinski definition) is 1. The largest absolute Gasteiger partial charge is 0.419 e. The van der Waals surface area contributed by atoms with Crippen LogP contribution < -0.4 is 11.1 Å². The third kappa shape index (κ3) is 3.37. The van der Waals surface area contributed by atoms with E-state index in [2.05, 4.69) is 5.32 Å². The molecule has 6 nitrogen and oxygen atoms in total. The lowest BCUT2D eigenvalue weighted by atomic mass is 9.90. The second-order valence-electron chi connectivity index (χ2n) is 6.99. The molecule has 1 aromatic heterocycles. The van der Waals surface area contributed by atoms with E-state index in [1.165, 1.54) is 10.6 Å². The molecule has 2 heterocycles. The van der Waals surface area contributed by atoms with E-state index in [-0.39, 0.29) is 11.9 Å². The van der Waals surface area contributed by atoms with Crippen molar-refractivity contribution in [3.8, 4) is 0 Å². The minimum Gasteiger partial charge on any atom is -0.408 e. The van der Waals surface area contributed by atoms with Gasteiger partial charge in [-0.3, -0.25) is 4.57 Å². The highest BCUT2D eigenvalue weighted by molar-refractivity contribution is 5.91. The average molecular weight is 387 g/mol. The van der Waals surface area contributed by atoms with Gasteiger partial charge in [-0.15, -0.1) is 0 Å². The molecule has 1 N–H and O–H groups in total. The van der Waals surface area contributed by atoms with Crippen molar-refractivity contribution in [2.24, 2.45) is 7.05 Å². The van der Waals surface area contributed by atoms with Crippen molar-refractivity contribution in [3.63, 3.8) is 0 Å². The van der Waals surface area contributed by atoms with Crippen molar-refractivity contribution >= 4 is 22.8 Å². The topological polar surface area (TPSA) is 67.5 Å². The van der Waals surface area contributed by atoms with Crippen LogP contribution in [0.2, 0.25) is 0 Å². The first kappa shape index (κ1) is 18.2. The first-order chi connectivity index (χ1) is 13.4. The number of benzene rings is 2. The Kier molecular flexibility index (Phi) is 4.62. The number of amides is 2. The molecule has 0 spiro atoms. The predicted molar refractivity (Wildman–Crippen MR) is 100 cm³/mol. The zero-order valence-corrected chi connectivity index (χ0v) is 15.2. The molecule has 0 radical (unpaired) electrons. The van der Waals surface area contributed by atoms with Crippen molar-refractivity contribution in [1.29, 1.82) is 0 Å². The second-order valence-corrected chi connectivity index (χ2v) is 6.99. The highest BCUT2D eigenvalue weighted by Crippen LogP contribution is 2.30. The smallest absolute Gasteiger partial charge is 0.408 e. The van der Waals surface area contributed by atoms with Crippen LogP contribution in [0.25, 0.3) is 11.1 Å². The van der Waals surface area contributed by atoms with Crippen molar-refractivity contribution in [2.45, 2.75) is 18.8 Å². The van der Waals surface area contributed by atoms with Crippen LogP contribution in [0.4, 0.5) is 19.3 Å². The van der Waals surface area contributed by atoms with E-state index in [0.717, 1.165) is 12.1 Å². The van der Waals surface area contributed by atoms with Crippen LogP contribution in [0.5, 0.6) is 0 Å². The fourth-order valence-electron chi connectivity index (χ4n) is 3.66. The van der Waals surface area contributed by atoms with E-state index < -0.39 is 17.4 Å². The van der Waals surface area contributed by atoms with Gasteiger partial charge in [0.25, 0.3) is 0 Å². The van der Waals surface area contributed by atoms with Gasteiger partial charge in [0.2, 0.25) is 0 Å². The number of fused-ring (bicyclic) bond motifs is 1. The Morgan fingerprint density at radius 3 is 2.86 bits per heavy atom. The van der Waals surface area contributed by atoms with Gasteiger partial charge in [-0.1, -0.05) is 0 Å². The monoisotopic (exact) mass is 387 g/mol. The maximum atomic E-state index is 14.1. The average Bonchev–Trinajstić information content (AvgIpc) is 2.97. The standard InChI is InChI=1S/C20H19F2N3O3/c1-24-17-7-5-14(10-18(17)28-20(24)27)23-19(26)25-8-2-3-12(11-25)15-9-13(21)4-6-16(15)22/h4-7,9-10,12H,2-3,8,11H2,1H3,(H,23,26). The Bertz CT molecular complexity index is 1110. The van der Waals surface area contributed by atoms with Gasteiger partial charge in [-0.25, -0.2) is 18.4 Å². The number of aryl methyl sites for hydroxylation is 1. The SMILES string of the molecule is Cn1c(=O)oc2cc(NC(=O)N3CCCC(c4cc(F)ccc4F)C3)ccc21. The summed E-state index contributed by atoms with van der Waals surface area (Å²) in [5.74, 6) is -1.69. The zero-order valence-electron chi connectivity index (χ0n) is 15.2. The number of hydrogen-bond acceptors (Lipinski definition) is 3. The molecule has 1 aliphatic heterocycles. The molecule has 3 aromatic rings. The Labute approximate surface area is 159 Å². The third-order valence-corrected chi connectivity index (χ3v) is 5.15. The van der Waals surface area contributed by atoms with Gasteiger partial charge >= 0.3 is 11.8 Å². The molecule has 0 aliphatic carbocycles. The summed E-state index contributed by atoms with van der Waals surface area (Å²) < 4.78 is 34.1. The van der Waals surface area contributed by atoms with E-state index in [1.54, 1.807) is 30.1 Å². The first-order valence-corrected chi connectivity index (χ1v) is 9.03. The van der Waals surface area contributed by atoms with Crippen molar-refractivity contribution in [1.82, 2.24) is 9.47 Å². The Hall–Kier alpha value is -3.16. The molecule has 1 aliphatic rings. The lowest BCUT2D eigenvalue weighted by Gasteiger charge is -2.33. The molecule has 1 unspecified atom stereocenters. The summed E-state index contributed by atoms with van der Waals surface area (Å²) >= 11 is 0. The van der Waals surface area contributed by atoms with E-state index >= 15 is 0 Å². The number of carbonyl (C=O) groups is 1. The number of anilines is 1. The van der Waals surface area contributed by atoms with Crippen molar-refractivity contribution in [3.05, 3.63) is 64.1 Å². The predicted octanol–water partition coefficient (Wildman–Crippen LogP) is 3.82. The van der Waals surface area contributed by atoms with E-state index in [0.29, 0.717) is 48.3 Å². The van der Waals surface area contributed by atoms with Gasteiger partial charge in [0.15, 0.2) is 5.58 Å². The number of aromatic nitrogens is 1. The molecule has 4 rings (SSSR count). The van der Waals surface area contributed by atoms with E-state index in [1.807, 2.05) is 0 Å². The van der Waals surface area contributed by atoms with Crippen molar-refractivity contribution < 1.29 is 18.0 Å². The second kappa shape index (κ2) is 7.10. The zero-order chi connectivity index (χ0) is 19.8. The number of likely N-dealkylation sites (tertiary alicyclic amines) is 1. The Morgan fingerprint density at radius 1 is 1.21 bits per heavy atom. The van der Waals surface area contributed by atoms with Crippen LogP contribution >= 0.6 is 0 Å². The number of urea groups is 1. The summed E-state index contributed by atoms with van der Waals surface area (Å²) in [6.45, 7) is 0.830. The molecule has 1 saturated heterocycles. The van der Waals surface area contributed by atoms with Gasteiger partial charge in [0.05, 0.1) is 5.52 Å². The number of nitrogens with zero attached hydrogens (tertiary/aromatic N) is 2. The normalized spacial score (nSPS) is 17.1. The molecule has 8 heteroatoms. The van der Waals surface area contributed by atoms with E-state index in [4.69, 9.17) is 4.42 Å². The van der Waals surface area contributed by atoms with Crippen LogP contribution in [0.15, 0.2) is 45.6 Å². The maximum absolute atomic E-state index is 14.1. The minimum absolute atomic E-state index is 0.259. The van der Waals surface area contributed by atoms with E-state index in [9.17, 15) is 18.4 Å². The summed E-state index contributed by atoms with van der Waals surface area (Å²) in [7, 11) is 1.60. The molecule has 1 fully saturated rings. The number of oxazole rings is 1. The molecule has 28 heavy (non-hydrogen) atoms. The number of nitrogens with one attached hydrogen (secondary N) is 1. The number of halogens is 2. The molecule has 0 bridgehead atoms. The third-order valence-electron chi connectivity index (χ3n) is 5.15. The molecular formula is C20H19F2N3O3. The van der Waals surface area contributed by atoms with Crippen LogP contribution in [-0.4, -0.2) is 28.6 Å². The summed E-state index contributed by atoms with van der Waals surface area (Å²) in [6, 6.07) is 8.03. The number of rotatable bonds is 2. The number of carbonyl (C=O) groups excluding carboxylic acids is 1. The summed E-state index contributed by atoms with van der Waals surface area (Å²) in [5, 5.41) is 2.78. The van der Waals surface area contributed by atoms with Gasteiger partial charge in [-0.2, -0.15) is 0 Å². The Balaban J connectivity index is 1.50.